The first kappa shape index (κ1) is 16.7. The second-order valence-electron chi connectivity index (χ2n) is 6.52. The Hall–Kier alpha value is -1.62. The third-order valence-corrected chi connectivity index (χ3v) is 4.33. The lowest BCUT2D eigenvalue weighted by Gasteiger charge is -2.39. The summed E-state index contributed by atoms with van der Waals surface area (Å²) in [4.78, 5) is 18.7. The van der Waals surface area contributed by atoms with Crippen LogP contribution in [0.1, 0.15) is 50.4 Å². The molecule has 2 rings (SSSR count). The highest BCUT2D eigenvalue weighted by Crippen LogP contribution is 2.29. The molecule has 1 aliphatic rings. The lowest BCUT2D eigenvalue weighted by atomic mass is 9.82. The van der Waals surface area contributed by atoms with Crippen LogP contribution in [0.3, 0.4) is 0 Å². The van der Waals surface area contributed by atoms with Crippen LogP contribution in [0, 0.1) is 5.41 Å². The summed E-state index contributed by atoms with van der Waals surface area (Å²) >= 11 is 0. The van der Waals surface area contributed by atoms with Crippen LogP contribution in [-0.2, 0) is 0 Å². The summed E-state index contributed by atoms with van der Waals surface area (Å²) in [7, 11) is 0. The maximum Gasteiger partial charge on any atom is 0.254 e. The number of aliphatic hydroxyl groups excluding tert-OH is 1. The van der Waals surface area contributed by atoms with Gasteiger partial charge in [0.1, 0.15) is 0 Å². The number of piperidine rings is 1. The molecular formula is C17H26N2O3. The van der Waals surface area contributed by atoms with Gasteiger partial charge in [0.15, 0.2) is 0 Å². The smallest absolute Gasteiger partial charge is 0.254 e. The highest BCUT2D eigenvalue weighted by atomic mass is 16.5. The molecular weight excluding hydrogens is 280 g/mol. The first-order valence-electron chi connectivity index (χ1n) is 8.00. The molecule has 5 heteroatoms. The van der Waals surface area contributed by atoms with Crippen molar-refractivity contribution in [3.05, 3.63) is 23.9 Å². The monoisotopic (exact) mass is 306 g/mol. The maximum absolute atomic E-state index is 12.7. The molecule has 1 aromatic heterocycles. The SMILES string of the molecule is CC[C@H](C)Oc1cc(C(=O)N2CCC[C@](C)(CO)C2)ccn1. The Kier molecular flexibility index (Phi) is 5.40. The molecule has 0 aliphatic carbocycles. The number of carbonyl (C=O) groups is 1. The van der Waals surface area contributed by atoms with Gasteiger partial charge < -0.3 is 14.7 Å². The zero-order valence-electron chi connectivity index (χ0n) is 13.7. The van der Waals surface area contributed by atoms with Crippen molar-refractivity contribution < 1.29 is 14.6 Å². The fraction of sp³-hybridized carbons (Fsp3) is 0.647. The Labute approximate surface area is 132 Å². The summed E-state index contributed by atoms with van der Waals surface area (Å²) in [5.74, 6) is 0.470. The Morgan fingerprint density at radius 1 is 1.59 bits per heavy atom. The van der Waals surface area contributed by atoms with Gasteiger partial charge in [-0.1, -0.05) is 13.8 Å². The van der Waals surface area contributed by atoms with Crippen LogP contribution in [0.4, 0.5) is 0 Å². The molecule has 0 spiro atoms. The summed E-state index contributed by atoms with van der Waals surface area (Å²) in [6.07, 6.45) is 4.45. The highest BCUT2D eigenvalue weighted by Gasteiger charge is 2.33. The summed E-state index contributed by atoms with van der Waals surface area (Å²) in [5, 5.41) is 9.52. The fourth-order valence-electron chi connectivity index (χ4n) is 2.70. The predicted molar refractivity (Wildman–Crippen MR) is 84.9 cm³/mol. The van der Waals surface area contributed by atoms with Gasteiger partial charge in [-0.3, -0.25) is 4.79 Å². The minimum atomic E-state index is -0.197. The molecule has 1 fully saturated rings. The van der Waals surface area contributed by atoms with Crippen LogP contribution < -0.4 is 4.74 Å². The molecule has 0 aromatic carbocycles. The van der Waals surface area contributed by atoms with Crippen LogP contribution in [0.25, 0.3) is 0 Å². The van der Waals surface area contributed by atoms with E-state index in [0.717, 1.165) is 25.8 Å². The van der Waals surface area contributed by atoms with Crippen molar-refractivity contribution >= 4 is 5.91 Å². The molecule has 1 amide bonds. The molecule has 2 heterocycles. The summed E-state index contributed by atoms with van der Waals surface area (Å²) in [5.41, 5.74) is 0.396. The van der Waals surface area contributed by atoms with E-state index in [1.807, 2.05) is 25.7 Å². The van der Waals surface area contributed by atoms with Crippen LogP contribution in [0.2, 0.25) is 0 Å². The molecule has 2 atom stereocenters. The predicted octanol–water partition coefficient (Wildman–Crippen LogP) is 2.49. The van der Waals surface area contributed by atoms with Gasteiger partial charge in [0.2, 0.25) is 5.88 Å². The normalized spacial score (nSPS) is 23.2. The largest absolute Gasteiger partial charge is 0.475 e. The highest BCUT2D eigenvalue weighted by molar-refractivity contribution is 5.94. The topological polar surface area (TPSA) is 62.7 Å². The summed E-state index contributed by atoms with van der Waals surface area (Å²) in [6.45, 7) is 7.48. The Balaban J connectivity index is 2.10. The number of nitrogens with zero attached hydrogens (tertiary/aromatic N) is 2. The minimum absolute atomic E-state index is 0.0178. The molecule has 1 aromatic rings. The quantitative estimate of drug-likeness (QED) is 0.908. The molecule has 1 aliphatic heterocycles. The van der Waals surface area contributed by atoms with Crippen LogP contribution in [0.15, 0.2) is 18.3 Å². The van der Waals surface area contributed by atoms with Gasteiger partial charge >= 0.3 is 0 Å². The van der Waals surface area contributed by atoms with E-state index < -0.39 is 0 Å². The van der Waals surface area contributed by atoms with Crippen molar-refractivity contribution in [1.82, 2.24) is 9.88 Å². The van der Waals surface area contributed by atoms with Crippen molar-refractivity contribution in [3.8, 4) is 5.88 Å². The van der Waals surface area contributed by atoms with Crippen LogP contribution in [-0.4, -0.2) is 46.7 Å². The van der Waals surface area contributed by atoms with Crippen LogP contribution in [0.5, 0.6) is 5.88 Å². The Bertz CT molecular complexity index is 520. The lowest BCUT2D eigenvalue weighted by Crippen LogP contribution is -2.46. The van der Waals surface area contributed by atoms with Crippen molar-refractivity contribution in [2.45, 2.75) is 46.1 Å². The van der Waals surface area contributed by atoms with E-state index in [1.165, 1.54) is 0 Å². The molecule has 122 valence electrons. The van der Waals surface area contributed by atoms with E-state index in [-0.39, 0.29) is 24.0 Å². The van der Waals surface area contributed by atoms with E-state index in [9.17, 15) is 9.90 Å². The Morgan fingerprint density at radius 3 is 3.05 bits per heavy atom. The standard InChI is InChI=1S/C17H26N2O3/c1-4-13(2)22-15-10-14(6-8-18-15)16(21)19-9-5-7-17(3,11-19)12-20/h6,8,10,13,20H,4-5,7,9,11-12H2,1-3H3/t13-,17-/m0/s1. The molecule has 0 bridgehead atoms. The van der Waals surface area contributed by atoms with E-state index in [1.54, 1.807) is 18.3 Å². The third kappa shape index (κ3) is 3.97. The number of pyridine rings is 1. The van der Waals surface area contributed by atoms with E-state index in [2.05, 4.69) is 4.98 Å². The number of aliphatic hydroxyl groups is 1. The molecule has 5 nitrogen and oxygen atoms in total. The number of hydrogen-bond acceptors (Lipinski definition) is 4. The number of carbonyl (C=O) groups excluding carboxylic acids is 1. The number of likely N-dealkylation sites (tertiary alicyclic amines) is 1. The second kappa shape index (κ2) is 7.09. The van der Waals surface area contributed by atoms with Crippen molar-refractivity contribution in [3.63, 3.8) is 0 Å². The van der Waals surface area contributed by atoms with Crippen molar-refractivity contribution in [2.75, 3.05) is 19.7 Å². The Morgan fingerprint density at radius 2 is 2.36 bits per heavy atom. The number of hydrogen-bond donors (Lipinski definition) is 1. The van der Waals surface area contributed by atoms with Crippen molar-refractivity contribution in [1.29, 1.82) is 0 Å². The zero-order valence-corrected chi connectivity index (χ0v) is 13.7. The first-order chi connectivity index (χ1) is 10.5. The molecule has 22 heavy (non-hydrogen) atoms. The number of rotatable bonds is 5. The van der Waals surface area contributed by atoms with E-state index >= 15 is 0 Å². The molecule has 1 saturated heterocycles. The number of ether oxygens (including phenoxy) is 1. The maximum atomic E-state index is 12.7. The molecule has 0 unspecified atom stereocenters. The van der Waals surface area contributed by atoms with Crippen molar-refractivity contribution in [2.24, 2.45) is 5.41 Å². The zero-order chi connectivity index (χ0) is 16.2. The van der Waals surface area contributed by atoms with Gasteiger partial charge in [0, 0.05) is 36.3 Å². The second-order valence-corrected chi connectivity index (χ2v) is 6.52. The fourth-order valence-corrected chi connectivity index (χ4v) is 2.70. The summed E-state index contributed by atoms with van der Waals surface area (Å²) < 4.78 is 5.68. The molecule has 0 saturated carbocycles. The van der Waals surface area contributed by atoms with Crippen LogP contribution >= 0.6 is 0 Å². The van der Waals surface area contributed by atoms with Gasteiger partial charge in [-0.05, 0) is 32.3 Å². The minimum Gasteiger partial charge on any atom is -0.475 e. The van der Waals surface area contributed by atoms with E-state index in [4.69, 9.17) is 4.74 Å². The van der Waals surface area contributed by atoms with E-state index in [0.29, 0.717) is 18.0 Å². The first-order valence-corrected chi connectivity index (χ1v) is 8.00. The van der Waals surface area contributed by atoms with Gasteiger partial charge in [0.25, 0.3) is 5.91 Å². The van der Waals surface area contributed by atoms with Gasteiger partial charge in [-0.15, -0.1) is 0 Å². The van der Waals surface area contributed by atoms with Gasteiger partial charge in [-0.2, -0.15) is 0 Å². The van der Waals surface area contributed by atoms with Gasteiger partial charge in [0.05, 0.1) is 12.7 Å². The van der Waals surface area contributed by atoms with Gasteiger partial charge in [-0.25, -0.2) is 4.98 Å². The number of aromatic nitrogens is 1. The average Bonchev–Trinajstić information content (AvgIpc) is 2.54. The third-order valence-electron chi connectivity index (χ3n) is 4.33. The molecule has 1 N–H and O–H groups in total. The average molecular weight is 306 g/mol. The lowest BCUT2D eigenvalue weighted by molar-refractivity contribution is 0.0357. The summed E-state index contributed by atoms with van der Waals surface area (Å²) in [6, 6.07) is 3.43. The number of amides is 1. The molecule has 0 radical (unpaired) electrons.